The highest BCUT2D eigenvalue weighted by atomic mass is 79.9. The average Bonchev–Trinajstić information content (AvgIpc) is 3.50. The van der Waals surface area contributed by atoms with Gasteiger partial charge in [-0.15, -0.1) is 0 Å². The molecule has 2 aromatic rings. The van der Waals surface area contributed by atoms with E-state index in [0.717, 1.165) is 40.8 Å². The number of aromatic nitrogens is 5. The molecule has 2 unspecified atom stereocenters. The molecular weight excluding hydrogens is 372 g/mol. The van der Waals surface area contributed by atoms with E-state index in [-0.39, 0.29) is 11.7 Å². The summed E-state index contributed by atoms with van der Waals surface area (Å²) in [5, 5.41) is 6.76. The van der Waals surface area contributed by atoms with E-state index in [4.69, 9.17) is 4.98 Å². The molecule has 2 aliphatic carbocycles. The first-order valence-corrected chi connectivity index (χ1v) is 9.43. The molecule has 24 heavy (non-hydrogen) atoms. The van der Waals surface area contributed by atoms with Gasteiger partial charge in [-0.3, -0.25) is 4.98 Å². The molecule has 2 aromatic heterocycles. The number of H-pyrrole nitrogens is 2. The standard InChI is InChI=1S/C16H19BrN6O/c17-11-7-18-13(9-3-4-9)19-15(11)23-6-5-10(8-1-2-8)12(23)14-20-16(24)22-21-14/h7-10,12H,1-6H2,(H2,20,21,22,24). The molecule has 2 saturated carbocycles. The molecule has 3 fully saturated rings. The third kappa shape index (κ3) is 2.47. The Labute approximate surface area is 147 Å². The van der Waals surface area contributed by atoms with Gasteiger partial charge >= 0.3 is 5.69 Å². The Morgan fingerprint density at radius 1 is 1.21 bits per heavy atom. The van der Waals surface area contributed by atoms with Crippen molar-refractivity contribution in [3.63, 3.8) is 0 Å². The van der Waals surface area contributed by atoms with Gasteiger partial charge in [0.25, 0.3) is 0 Å². The predicted molar refractivity (Wildman–Crippen MR) is 91.8 cm³/mol. The highest BCUT2D eigenvalue weighted by molar-refractivity contribution is 9.10. The summed E-state index contributed by atoms with van der Waals surface area (Å²) in [5.41, 5.74) is -0.244. The van der Waals surface area contributed by atoms with E-state index >= 15 is 0 Å². The number of hydrogen-bond donors (Lipinski definition) is 2. The number of halogens is 1. The van der Waals surface area contributed by atoms with E-state index in [0.29, 0.717) is 11.8 Å². The molecule has 1 aliphatic heterocycles. The second-order valence-corrected chi connectivity index (χ2v) is 8.02. The van der Waals surface area contributed by atoms with E-state index in [1.54, 1.807) is 0 Å². The van der Waals surface area contributed by atoms with Gasteiger partial charge in [-0.25, -0.2) is 19.9 Å². The van der Waals surface area contributed by atoms with Gasteiger partial charge in [0.2, 0.25) is 0 Å². The Kier molecular flexibility index (Phi) is 3.29. The minimum absolute atomic E-state index is 0.0784. The van der Waals surface area contributed by atoms with Crippen LogP contribution in [0.5, 0.6) is 0 Å². The number of nitrogens with one attached hydrogen (secondary N) is 2. The molecule has 2 atom stereocenters. The van der Waals surface area contributed by atoms with Crippen LogP contribution in [0.3, 0.4) is 0 Å². The van der Waals surface area contributed by atoms with Gasteiger partial charge in [-0.05, 0) is 59.9 Å². The molecule has 3 aliphatic rings. The maximum Gasteiger partial charge on any atom is 0.340 e. The molecule has 2 N–H and O–H groups in total. The molecule has 7 nitrogen and oxygen atoms in total. The maximum atomic E-state index is 11.6. The van der Waals surface area contributed by atoms with Crippen LogP contribution >= 0.6 is 15.9 Å². The summed E-state index contributed by atoms with van der Waals surface area (Å²) in [7, 11) is 0. The summed E-state index contributed by atoms with van der Waals surface area (Å²) in [5.74, 6) is 4.38. The quantitative estimate of drug-likeness (QED) is 0.836. The molecule has 3 heterocycles. The van der Waals surface area contributed by atoms with Crippen LogP contribution in [0.25, 0.3) is 0 Å². The van der Waals surface area contributed by atoms with Crippen molar-refractivity contribution in [1.82, 2.24) is 25.1 Å². The number of hydrogen-bond acceptors (Lipinski definition) is 5. The highest BCUT2D eigenvalue weighted by Gasteiger charge is 2.46. The fourth-order valence-corrected chi connectivity index (χ4v) is 4.38. The van der Waals surface area contributed by atoms with Crippen LogP contribution in [0, 0.1) is 11.8 Å². The van der Waals surface area contributed by atoms with Gasteiger partial charge < -0.3 is 4.90 Å². The van der Waals surface area contributed by atoms with Crippen molar-refractivity contribution in [2.24, 2.45) is 11.8 Å². The lowest BCUT2D eigenvalue weighted by atomic mass is 9.94. The minimum Gasteiger partial charge on any atom is -0.345 e. The Morgan fingerprint density at radius 3 is 2.71 bits per heavy atom. The average molecular weight is 391 g/mol. The molecule has 0 spiro atoms. The zero-order valence-corrected chi connectivity index (χ0v) is 14.8. The molecule has 5 rings (SSSR count). The van der Waals surface area contributed by atoms with Crippen molar-refractivity contribution in [3.8, 4) is 0 Å². The van der Waals surface area contributed by atoms with E-state index in [1.165, 1.54) is 25.7 Å². The van der Waals surface area contributed by atoms with Gasteiger partial charge in [-0.2, -0.15) is 5.10 Å². The predicted octanol–water partition coefficient (Wildman–Crippen LogP) is 2.51. The van der Waals surface area contributed by atoms with Crippen molar-refractivity contribution in [2.75, 3.05) is 11.4 Å². The van der Waals surface area contributed by atoms with Gasteiger partial charge in [0, 0.05) is 18.7 Å². The third-order valence-corrected chi connectivity index (χ3v) is 5.99. The smallest absolute Gasteiger partial charge is 0.340 e. The second kappa shape index (κ2) is 5.40. The lowest BCUT2D eigenvalue weighted by Crippen LogP contribution is -2.28. The number of anilines is 1. The largest absolute Gasteiger partial charge is 0.345 e. The zero-order chi connectivity index (χ0) is 16.3. The van der Waals surface area contributed by atoms with Crippen molar-refractivity contribution in [1.29, 1.82) is 0 Å². The van der Waals surface area contributed by atoms with E-state index < -0.39 is 0 Å². The van der Waals surface area contributed by atoms with Gasteiger partial charge in [0.1, 0.15) is 11.6 Å². The van der Waals surface area contributed by atoms with Crippen LogP contribution in [0.2, 0.25) is 0 Å². The van der Waals surface area contributed by atoms with Crippen LogP contribution in [0.4, 0.5) is 5.82 Å². The summed E-state index contributed by atoms with van der Waals surface area (Å²) < 4.78 is 0.909. The molecule has 0 amide bonds. The molecule has 0 bridgehead atoms. The first kappa shape index (κ1) is 14.6. The molecular formula is C16H19BrN6O. The maximum absolute atomic E-state index is 11.6. The number of rotatable bonds is 4. The van der Waals surface area contributed by atoms with Crippen LogP contribution in [-0.4, -0.2) is 31.7 Å². The Morgan fingerprint density at radius 2 is 2.04 bits per heavy atom. The summed E-state index contributed by atoms with van der Waals surface area (Å²) in [6, 6.07) is 0.0784. The number of nitrogens with zero attached hydrogens (tertiary/aromatic N) is 4. The summed E-state index contributed by atoms with van der Waals surface area (Å²) in [4.78, 5) is 26.1. The molecule has 8 heteroatoms. The van der Waals surface area contributed by atoms with E-state index in [2.05, 4.69) is 41.0 Å². The minimum atomic E-state index is -0.244. The van der Waals surface area contributed by atoms with E-state index in [1.807, 2.05) is 6.20 Å². The Bertz CT molecular complexity index is 824. The van der Waals surface area contributed by atoms with E-state index in [9.17, 15) is 4.79 Å². The fraction of sp³-hybridized carbons (Fsp3) is 0.625. The summed E-state index contributed by atoms with van der Waals surface area (Å²) in [6.07, 6.45) is 7.90. The van der Waals surface area contributed by atoms with Crippen molar-refractivity contribution >= 4 is 21.7 Å². The lowest BCUT2D eigenvalue weighted by molar-refractivity contribution is 0.414. The Balaban J connectivity index is 1.56. The SMILES string of the molecule is O=c1[nH]nc(C2C(C3CC3)CCN2c2nc(C3CC3)ncc2Br)[nH]1. The van der Waals surface area contributed by atoms with Crippen LogP contribution in [-0.2, 0) is 0 Å². The Hall–Kier alpha value is -1.70. The number of aromatic amines is 2. The molecule has 0 aromatic carbocycles. The third-order valence-electron chi connectivity index (χ3n) is 5.43. The molecule has 0 radical (unpaired) electrons. The van der Waals surface area contributed by atoms with Crippen molar-refractivity contribution < 1.29 is 0 Å². The summed E-state index contributed by atoms with van der Waals surface area (Å²) >= 11 is 3.62. The van der Waals surface area contributed by atoms with Gasteiger partial charge in [0.15, 0.2) is 5.82 Å². The molecule has 1 saturated heterocycles. The van der Waals surface area contributed by atoms with Gasteiger partial charge in [0.05, 0.1) is 10.5 Å². The lowest BCUT2D eigenvalue weighted by Gasteiger charge is -2.28. The fourth-order valence-electron chi connectivity index (χ4n) is 3.96. The highest BCUT2D eigenvalue weighted by Crippen LogP contribution is 2.51. The van der Waals surface area contributed by atoms with Gasteiger partial charge in [-0.1, -0.05) is 0 Å². The normalized spacial score (nSPS) is 27.0. The monoisotopic (exact) mass is 390 g/mol. The molecule has 126 valence electrons. The van der Waals surface area contributed by atoms with Crippen LogP contribution in [0.1, 0.15) is 55.7 Å². The van der Waals surface area contributed by atoms with Crippen molar-refractivity contribution in [3.05, 3.63) is 32.8 Å². The zero-order valence-electron chi connectivity index (χ0n) is 13.2. The first-order valence-electron chi connectivity index (χ1n) is 8.64. The first-order chi connectivity index (χ1) is 11.7. The van der Waals surface area contributed by atoms with Crippen molar-refractivity contribution in [2.45, 2.75) is 44.1 Å². The second-order valence-electron chi connectivity index (χ2n) is 7.17. The topological polar surface area (TPSA) is 90.6 Å². The van der Waals surface area contributed by atoms with Crippen LogP contribution in [0.15, 0.2) is 15.5 Å². The summed E-state index contributed by atoms with van der Waals surface area (Å²) in [6.45, 7) is 0.931. The van der Waals surface area contributed by atoms with Crippen LogP contribution < -0.4 is 10.6 Å².